The molecule has 0 radical (unpaired) electrons. The molecule has 0 amide bonds. The van der Waals surface area contributed by atoms with Gasteiger partial charge in [0.1, 0.15) is 0 Å². The number of rotatable bonds is 14. The normalized spacial score (nSPS) is 15.7. The Bertz CT molecular complexity index is 458. The summed E-state index contributed by atoms with van der Waals surface area (Å²) in [5.41, 5.74) is 0. The van der Waals surface area contributed by atoms with E-state index in [4.69, 9.17) is 9.26 Å². The third-order valence-corrected chi connectivity index (χ3v) is 11.8. The number of alkyl halides is 5. The molecule has 0 heterocycles. The van der Waals surface area contributed by atoms with Crippen LogP contribution < -0.4 is 0 Å². The zero-order valence-electron chi connectivity index (χ0n) is 17.7. The average Bonchev–Trinajstić information content (AvgIpc) is 2.62. The van der Waals surface area contributed by atoms with Crippen LogP contribution in [0.5, 0.6) is 0 Å². The maximum absolute atomic E-state index is 13.8. The van der Waals surface area contributed by atoms with Crippen molar-refractivity contribution in [3.05, 3.63) is 0 Å². The third kappa shape index (κ3) is 7.08. The minimum atomic E-state index is -5.97. The number of methoxy groups -OCH3 is 1. The molecular weight excluding hydrogens is 402 g/mol. The molecule has 0 aromatic carbocycles. The van der Waals surface area contributed by atoms with Crippen molar-refractivity contribution in [3.63, 3.8) is 0 Å². The third-order valence-electron chi connectivity index (χ3n) is 5.31. The van der Waals surface area contributed by atoms with E-state index < -0.39 is 31.0 Å². The van der Waals surface area contributed by atoms with Gasteiger partial charge < -0.3 is 0 Å². The molecule has 0 aromatic rings. The van der Waals surface area contributed by atoms with E-state index in [1.807, 2.05) is 20.8 Å². The molecule has 3 nitrogen and oxygen atoms in total. The van der Waals surface area contributed by atoms with E-state index in [1.54, 1.807) is 6.92 Å². The summed E-state index contributed by atoms with van der Waals surface area (Å²) in [4.78, 5) is 12.2. The van der Waals surface area contributed by atoms with Gasteiger partial charge in [-0.15, -0.1) is 0 Å². The zero-order valence-corrected chi connectivity index (χ0v) is 18.6. The first-order chi connectivity index (χ1) is 12.8. The van der Waals surface area contributed by atoms with Crippen LogP contribution in [0.15, 0.2) is 0 Å². The molecular formula is C19H36F5O3P. The van der Waals surface area contributed by atoms with Crippen LogP contribution in [0, 0.1) is 0 Å². The second-order valence-electron chi connectivity index (χ2n) is 7.77. The van der Waals surface area contributed by atoms with Crippen LogP contribution in [0.4, 0.5) is 22.0 Å². The molecule has 0 aliphatic heterocycles. The predicted octanol–water partition coefficient (Wildman–Crippen LogP) is 6.63. The van der Waals surface area contributed by atoms with E-state index in [0.717, 1.165) is 19.3 Å². The Labute approximate surface area is 165 Å². The molecule has 0 rings (SSSR count). The standard InChI is InChI=1S/C19H36F5O3P/c1-6-9-12-28(13-10-7-2,14-11-8-3,15-16(4)26-5)27-17(25)18(20,21)19(22,23)24/h16H,6-15H2,1-5H3. The molecule has 0 saturated carbocycles. The van der Waals surface area contributed by atoms with Crippen LogP contribution in [0.1, 0.15) is 66.2 Å². The van der Waals surface area contributed by atoms with Crippen molar-refractivity contribution in [2.75, 3.05) is 31.8 Å². The first-order valence-electron chi connectivity index (χ1n) is 10.1. The molecule has 9 heteroatoms. The van der Waals surface area contributed by atoms with Crippen molar-refractivity contribution >= 4 is 12.8 Å². The van der Waals surface area contributed by atoms with Gasteiger partial charge >= 0.3 is 165 Å². The molecule has 0 aliphatic carbocycles. The van der Waals surface area contributed by atoms with E-state index >= 15 is 0 Å². The van der Waals surface area contributed by atoms with E-state index in [2.05, 4.69) is 0 Å². The van der Waals surface area contributed by atoms with E-state index in [-0.39, 0.29) is 6.16 Å². The van der Waals surface area contributed by atoms with Crippen molar-refractivity contribution in [2.45, 2.75) is 84.4 Å². The van der Waals surface area contributed by atoms with Gasteiger partial charge in [-0.25, -0.2) is 0 Å². The van der Waals surface area contributed by atoms with Crippen molar-refractivity contribution in [1.29, 1.82) is 0 Å². The Balaban J connectivity index is 6.34. The van der Waals surface area contributed by atoms with Crippen LogP contribution in [0.3, 0.4) is 0 Å². The number of carbonyl (C=O) groups is 1. The summed E-state index contributed by atoms with van der Waals surface area (Å²) in [5, 5.41) is 0. The fraction of sp³-hybridized carbons (Fsp3) is 0.947. The van der Waals surface area contributed by atoms with E-state index in [1.165, 1.54) is 7.11 Å². The Hall–Kier alpha value is -0.490. The van der Waals surface area contributed by atoms with Crippen LogP contribution in [0.25, 0.3) is 0 Å². The second kappa shape index (κ2) is 11.1. The topological polar surface area (TPSA) is 35.5 Å². The van der Waals surface area contributed by atoms with Gasteiger partial charge in [-0.1, -0.05) is 0 Å². The molecule has 0 aromatic heterocycles. The van der Waals surface area contributed by atoms with Crippen molar-refractivity contribution in [3.8, 4) is 0 Å². The SMILES string of the molecule is CCCCP(CCCC)(CCCC)(CC(C)OC)OC(=O)C(F)(F)C(F)(F)F. The van der Waals surface area contributed by atoms with Gasteiger partial charge in [0, 0.05) is 0 Å². The fourth-order valence-electron chi connectivity index (χ4n) is 3.59. The van der Waals surface area contributed by atoms with Crippen molar-refractivity contribution < 1.29 is 36.0 Å². The molecule has 0 spiro atoms. The summed E-state index contributed by atoms with van der Waals surface area (Å²) in [6.45, 7) is 3.78. The number of hydrogen-bond donors (Lipinski definition) is 0. The monoisotopic (exact) mass is 438 g/mol. The fourth-order valence-corrected chi connectivity index (χ4v) is 10.5. The van der Waals surface area contributed by atoms with Crippen LogP contribution in [0.2, 0.25) is 0 Å². The maximum atomic E-state index is 13.8. The molecule has 0 saturated heterocycles. The van der Waals surface area contributed by atoms with E-state index in [0.29, 0.717) is 37.7 Å². The number of halogens is 5. The minimum absolute atomic E-state index is 0.210. The Morgan fingerprint density at radius 1 is 0.893 bits per heavy atom. The summed E-state index contributed by atoms with van der Waals surface area (Å²) < 4.78 is 76.8. The second-order valence-corrected chi connectivity index (χ2v) is 13.4. The molecule has 1 atom stereocenters. The van der Waals surface area contributed by atoms with Crippen LogP contribution >= 0.6 is 6.83 Å². The Morgan fingerprint density at radius 2 is 1.29 bits per heavy atom. The van der Waals surface area contributed by atoms with Crippen LogP contribution in [-0.4, -0.2) is 55.9 Å². The summed E-state index contributed by atoms with van der Waals surface area (Å²) in [5.74, 6) is -7.97. The van der Waals surface area contributed by atoms with Gasteiger partial charge in [0.05, 0.1) is 0 Å². The number of unbranched alkanes of at least 4 members (excludes halogenated alkanes) is 3. The quantitative estimate of drug-likeness (QED) is 0.226. The van der Waals surface area contributed by atoms with Crippen LogP contribution in [-0.2, 0) is 14.1 Å². The Morgan fingerprint density at radius 3 is 1.57 bits per heavy atom. The predicted molar refractivity (Wildman–Crippen MR) is 105 cm³/mol. The van der Waals surface area contributed by atoms with Gasteiger partial charge in [-0.3, -0.25) is 0 Å². The summed E-state index contributed by atoms with van der Waals surface area (Å²) >= 11 is 0. The molecule has 28 heavy (non-hydrogen) atoms. The molecule has 1 unspecified atom stereocenters. The molecule has 0 aliphatic rings. The summed E-state index contributed by atoms with van der Waals surface area (Å²) in [7, 11) is 1.46. The first kappa shape index (κ1) is 27.5. The van der Waals surface area contributed by atoms with Gasteiger partial charge in [-0.05, 0) is 0 Å². The van der Waals surface area contributed by atoms with Crippen molar-refractivity contribution in [2.24, 2.45) is 0 Å². The zero-order chi connectivity index (χ0) is 22.1. The van der Waals surface area contributed by atoms with E-state index in [9.17, 15) is 26.7 Å². The van der Waals surface area contributed by atoms with Gasteiger partial charge in [0.25, 0.3) is 0 Å². The number of carbonyl (C=O) groups excluding carboxylic acids is 1. The molecule has 170 valence electrons. The molecule has 0 fully saturated rings. The summed E-state index contributed by atoms with van der Waals surface area (Å²) in [6, 6.07) is 0. The number of hydrogen-bond acceptors (Lipinski definition) is 3. The van der Waals surface area contributed by atoms with Gasteiger partial charge in [0.15, 0.2) is 0 Å². The Kier molecular flexibility index (Phi) is 10.9. The summed E-state index contributed by atoms with van der Waals surface area (Å²) in [6.07, 6.45) is -1.11. The van der Waals surface area contributed by atoms with Gasteiger partial charge in [0.2, 0.25) is 0 Å². The molecule has 0 N–H and O–H groups in total. The van der Waals surface area contributed by atoms with Crippen molar-refractivity contribution in [1.82, 2.24) is 0 Å². The average molecular weight is 438 g/mol. The molecule has 0 bridgehead atoms. The first-order valence-corrected chi connectivity index (χ1v) is 12.9. The van der Waals surface area contributed by atoms with Gasteiger partial charge in [-0.2, -0.15) is 0 Å². The number of ether oxygens (including phenoxy) is 1.